The number of aliphatic carboxylic acids is 1. The minimum Gasteiger partial charge on any atom is -0.481 e. The quantitative estimate of drug-likeness (QED) is 0.162. The topological polar surface area (TPSA) is 86.7 Å². The van der Waals surface area contributed by atoms with E-state index in [1.807, 2.05) is 0 Å². The number of nitrogens with zero attached hydrogens (tertiary/aromatic N) is 1. The molecule has 1 aliphatic heterocycles. The third kappa shape index (κ3) is 5.79. The summed E-state index contributed by atoms with van der Waals surface area (Å²) in [5.74, 6) is 2.06. The van der Waals surface area contributed by atoms with Gasteiger partial charge in [-0.2, -0.15) is 0 Å². The first-order chi connectivity index (χ1) is 24.5. The van der Waals surface area contributed by atoms with Crippen LogP contribution >= 0.6 is 0 Å². The highest BCUT2D eigenvalue weighted by Gasteiger charge is 2.70. The normalized spacial score (nSPS) is 44.9. The van der Waals surface area contributed by atoms with Crippen molar-refractivity contribution < 1.29 is 22.7 Å². The van der Waals surface area contributed by atoms with Gasteiger partial charge in [-0.1, -0.05) is 58.9 Å². The van der Waals surface area contributed by atoms with Crippen molar-refractivity contribution in [3.05, 3.63) is 35.5 Å². The summed E-state index contributed by atoms with van der Waals surface area (Å²) >= 11 is 0. The molecule has 0 amide bonds. The second kappa shape index (κ2) is 13.6. The first-order valence-electron chi connectivity index (χ1n) is 20.9. The Bertz CT molecular complexity index is 1570. The lowest BCUT2D eigenvalue weighted by atomic mass is 9.33. The lowest BCUT2D eigenvalue weighted by Crippen LogP contribution is -2.68. The van der Waals surface area contributed by atoms with Crippen LogP contribution in [-0.2, 0) is 15.5 Å². The number of rotatable bonds is 9. The predicted octanol–water partition coefficient (Wildman–Crippen LogP) is 8.75. The van der Waals surface area contributed by atoms with Gasteiger partial charge in [0, 0.05) is 18.6 Å². The van der Waals surface area contributed by atoms with E-state index in [9.17, 15) is 22.7 Å². The molecule has 0 aromatic carbocycles. The Labute approximate surface area is 315 Å². The zero-order valence-corrected chi connectivity index (χ0v) is 34.1. The molecule has 0 bridgehead atoms. The van der Waals surface area contributed by atoms with E-state index in [1.165, 1.54) is 68.1 Å². The van der Waals surface area contributed by atoms with Crippen LogP contribution in [0, 0.1) is 56.7 Å². The summed E-state index contributed by atoms with van der Waals surface area (Å²) < 4.78 is 37.1. The molecule has 1 unspecified atom stereocenters. The Balaban J connectivity index is 1.12. The number of halogens is 1. The summed E-state index contributed by atoms with van der Waals surface area (Å²) in [6.07, 6.45) is 18.6. The fourth-order valence-corrected chi connectivity index (χ4v) is 15.6. The Morgan fingerprint density at radius 3 is 2.27 bits per heavy atom. The van der Waals surface area contributed by atoms with Crippen molar-refractivity contribution in [3.8, 4) is 0 Å². The first-order valence-corrected chi connectivity index (χ1v) is 22.2. The maximum Gasteiger partial charge on any atom is 0.312 e. The standard InChI is InChI=1S/C44H69FN2O4S/c1-29(2)32-12-21-44(46-24-27-47-25-15-31(16-26-47)52(50)51)23-22-41(6)34(37(32)44)8-9-36-40(5)17-13-33(39(3,4)35(40)14-18-42(36,41)7)30-10-19-43(28-45,20-11-30)38(48)49/h10,13,31-32,34-37,46,52H,1,8-9,11-12,14-28H2,2-7H3,(H,48,49)/t32?,34-,35+,36-,37-,40+,41-,42-,43+,44+/m1/s1. The number of carboxylic acids is 1. The van der Waals surface area contributed by atoms with E-state index < -0.39 is 28.8 Å². The second-order valence-electron chi connectivity index (χ2n) is 20.3. The number of hydrogen-bond acceptors (Lipinski definition) is 5. The van der Waals surface area contributed by atoms with Gasteiger partial charge in [-0.3, -0.25) is 4.79 Å². The summed E-state index contributed by atoms with van der Waals surface area (Å²) in [4.78, 5) is 14.5. The van der Waals surface area contributed by atoms with Crippen LogP contribution < -0.4 is 5.32 Å². The Hall–Kier alpha value is -1.51. The van der Waals surface area contributed by atoms with E-state index >= 15 is 0 Å². The number of likely N-dealkylation sites (tertiary alicyclic amines) is 1. The van der Waals surface area contributed by atoms with E-state index in [0.717, 1.165) is 45.4 Å². The number of thiol groups is 1. The molecule has 2 N–H and O–H groups in total. The average molecular weight is 741 g/mol. The number of piperidine rings is 1. The summed E-state index contributed by atoms with van der Waals surface area (Å²) in [5.41, 5.74) is 3.67. The van der Waals surface area contributed by atoms with E-state index in [0.29, 0.717) is 42.4 Å². The second-order valence-corrected chi connectivity index (χ2v) is 21.6. The molecular weight excluding hydrogens is 672 g/mol. The number of carboxylic acid groups (broad SMARTS) is 1. The highest BCUT2D eigenvalue weighted by Crippen LogP contribution is 2.76. The van der Waals surface area contributed by atoms with E-state index in [2.05, 4.69) is 70.5 Å². The van der Waals surface area contributed by atoms with Crippen molar-refractivity contribution in [2.24, 2.45) is 56.7 Å². The maximum absolute atomic E-state index is 14.0. The number of nitrogens with one attached hydrogen (secondary N) is 1. The lowest BCUT2D eigenvalue weighted by Gasteiger charge is -2.72. The Morgan fingerprint density at radius 1 is 0.923 bits per heavy atom. The third-order valence-corrected chi connectivity index (χ3v) is 19.2. The zero-order chi connectivity index (χ0) is 37.5. The number of fused-ring (bicyclic) bond motifs is 7. The van der Waals surface area contributed by atoms with Crippen molar-refractivity contribution in [2.45, 2.75) is 142 Å². The molecule has 0 aromatic heterocycles. The number of hydrogen-bond donors (Lipinski definition) is 3. The highest BCUT2D eigenvalue weighted by atomic mass is 32.2. The summed E-state index contributed by atoms with van der Waals surface area (Å²) in [6, 6.07) is 0. The van der Waals surface area contributed by atoms with Crippen molar-refractivity contribution in [1.29, 1.82) is 0 Å². The number of allylic oxidation sites excluding steroid dienone is 5. The van der Waals surface area contributed by atoms with Gasteiger partial charge in [0.15, 0.2) is 0 Å². The zero-order valence-electron chi connectivity index (χ0n) is 33.2. The van der Waals surface area contributed by atoms with Gasteiger partial charge in [0.1, 0.15) is 17.4 Å². The fourth-order valence-electron chi connectivity index (χ4n) is 14.9. The molecule has 7 aliphatic rings. The van der Waals surface area contributed by atoms with Gasteiger partial charge >= 0.3 is 5.97 Å². The summed E-state index contributed by atoms with van der Waals surface area (Å²) in [7, 11) is -2.31. The first kappa shape index (κ1) is 38.8. The molecule has 0 radical (unpaired) electrons. The molecule has 1 heterocycles. The van der Waals surface area contributed by atoms with Crippen LogP contribution in [0.4, 0.5) is 4.39 Å². The summed E-state index contributed by atoms with van der Waals surface area (Å²) in [6.45, 7) is 22.8. The molecule has 4 saturated carbocycles. The molecule has 0 aromatic rings. The molecule has 0 spiro atoms. The van der Waals surface area contributed by atoms with E-state index in [4.69, 9.17) is 0 Å². The minimum atomic E-state index is -2.31. The van der Waals surface area contributed by atoms with Crippen molar-refractivity contribution >= 4 is 16.7 Å². The van der Waals surface area contributed by atoms with Crippen molar-refractivity contribution in [2.75, 3.05) is 32.9 Å². The van der Waals surface area contributed by atoms with Crippen LogP contribution in [0.1, 0.15) is 131 Å². The maximum atomic E-state index is 14.0. The average Bonchev–Trinajstić information content (AvgIpc) is 3.49. The molecule has 52 heavy (non-hydrogen) atoms. The van der Waals surface area contributed by atoms with Gasteiger partial charge in [-0.05, 0) is 172 Å². The highest BCUT2D eigenvalue weighted by molar-refractivity contribution is 7.73. The van der Waals surface area contributed by atoms with Crippen molar-refractivity contribution in [3.63, 3.8) is 0 Å². The molecule has 6 aliphatic carbocycles. The largest absolute Gasteiger partial charge is 0.481 e. The van der Waals surface area contributed by atoms with E-state index in [-0.39, 0.29) is 38.9 Å². The minimum absolute atomic E-state index is 0.0131. The smallest absolute Gasteiger partial charge is 0.312 e. The molecule has 292 valence electrons. The molecular formula is C44H69FN2O4S. The molecule has 6 nitrogen and oxygen atoms in total. The third-order valence-electron chi connectivity index (χ3n) is 18.1. The van der Waals surface area contributed by atoms with E-state index in [1.54, 1.807) is 0 Å². The van der Waals surface area contributed by atoms with Crippen LogP contribution in [0.2, 0.25) is 0 Å². The van der Waals surface area contributed by atoms with Gasteiger partial charge in [0.2, 0.25) is 0 Å². The molecule has 7 rings (SSSR count). The van der Waals surface area contributed by atoms with Crippen LogP contribution in [0.15, 0.2) is 35.5 Å². The van der Waals surface area contributed by atoms with Crippen LogP contribution in [-0.4, -0.2) is 68.0 Å². The van der Waals surface area contributed by atoms with Gasteiger partial charge in [-0.25, -0.2) is 12.8 Å². The molecule has 1 saturated heterocycles. The number of alkyl halides is 1. The van der Waals surface area contributed by atoms with Crippen LogP contribution in [0.5, 0.6) is 0 Å². The van der Waals surface area contributed by atoms with Gasteiger partial charge in [0.05, 0.1) is 10.7 Å². The SMILES string of the molecule is C=C(C)C1CC[C@]2(NCCN3CCC([SH](=O)=O)CC3)CC[C@]3(C)[C@H](CC[C@@H]4[C@@]5(C)CC=C(C6=CC[C@](CF)(C(=O)O)CC6)C(C)(C)[C@@H]5CC[C@]43C)[C@@H]12. The van der Waals surface area contributed by atoms with Crippen LogP contribution in [0.3, 0.4) is 0 Å². The van der Waals surface area contributed by atoms with Gasteiger partial charge in [-0.15, -0.1) is 0 Å². The number of carbonyl (C=O) groups is 1. The Morgan fingerprint density at radius 2 is 1.65 bits per heavy atom. The molecule has 8 heteroatoms. The molecule has 10 atom stereocenters. The van der Waals surface area contributed by atoms with Gasteiger partial charge < -0.3 is 15.3 Å². The van der Waals surface area contributed by atoms with Crippen molar-refractivity contribution in [1.82, 2.24) is 10.2 Å². The van der Waals surface area contributed by atoms with Crippen LogP contribution in [0.25, 0.3) is 0 Å². The monoisotopic (exact) mass is 740 g/mol. The van der Waals surface area contributed by atoms with Gasteiger partial charge in [0.25, 0.3) is 0 Å². The predicted molar refractivity (Wildman–Crippen MR) is 208 cm³/mol. The summed E-state index contributed by atoms with van der Waals surface area (Å²) in [5, 5.41) is 13.9. The fraction of sp³-hybridized carbons (Fsp3) is 0.841. The lowest BCUT2D eigenvalue weighted by molar-refractivity contribution is -0.221. The molecule has 5 fully saturated rings. The Kier molecular flexibility index (Phi) is 10.1.